The second-order valence-corrected chi connectivity index (χ2v) is 14.8. The van der Waals surface area contributed by atoms with E-state index in [4.69, 9.17) is 15.0 Å². The van der Waals surface area contributed by atoms with E-state index in [9.17, 15) is 5.26 Å². The molecule has 0 unspecified atom stereocenters. The molecule has 6 heteroatoms. The van der Waals surface area contributed by atoms with Crippen molar-refractivity contribution < 1.29 is 21.1 Å². The van der Waals surface area contributed by atoms with E-state index in [1.54, 1.807) is 6.20 Å². The van der Waals surface area contributed by atoms with Crippen LogP contribution in [0.25, 0.3) is 106 Å². The van der Waals surface area contributed by atoms with E-state index in [0.717, 1.165) is 100.0 Å². The molecular formula is C55H33N5Pt. The number of rotatable bonds is 7. The number of aromatic nitrogens is 4. The van der Waals surface area contributed by atoms with Gasteiger partial charge in [0.05, 0.1) is 28.4 Å². The van der Waals surface area contributed by atoms with Crippen LogP contribution < -0.4 is 4.98 Å². The molecule has 288 valence electrons. The summed E-state index contributed by atoms with van der Waals surface area (Å²) in [4.78, 5) is 15.8. The van der Waals surface area contributed by atoms with E-state index >= 15 is 0 Å². The Kier molecular flexibility index (Phi) is 9.77. The molecule has 0 aliphatic rings. The van der Waals surface area contributed by atoms with Crippen molar-refractivity contribution in [3.8, 4) is 78.9 Å². The van der Waals surface area contributed by atoms with Crippen molar-refractivity contribution in [1.82, 2.24) is 19.5 Å². The fourth-order valence-corrected chi connectivity index (χ4v) is 8.45. The van der Waals surface area contributed by atoms with Crippen molar-refractivity contribution in [1.29, 1.82) is 5.26 Å². The van der Waals surface area contributed by atoms with Crippen molar-refractivity contribution in [2.75, 3.05) is 0 Å². The van der Waals surface area contributed by atoms with Crippen molar-refractivity contribution in [3.05, 3.63) is 212 Å². The second kappa shape index (κ2) is 15.8. The normalized spacial score (nSPS) is 11.1. The van der Waals surface area contributed by atoms with E-state index in [-0.39, 0.29) is 21.1 Å². The molecule has 0 amide bonds. The maximum Gasteiger partial charge on any atom is 2.00 e. The maximum atomic E-state index is 10.3. The summed E-state index contributed by atoms with van der Waals surface area (Å²) < 4.78 is 2.29. The Morgan fingerprint density at radius 3 is 1.90 bits per heavy atom. The minimum Gasteiger partial charge on any atom is -0.656 e. The molecule has 11 aromatic rings. The predicted octanol–water partition coefficient (Wildman–Crippen LogP) is 13.4. The van der Waals surface area contributed by atoms with Crippen LogP contribution in [0.4, 0.5) is 0 Å². The van der Waals surface area contributed by atoms with Gasteiger partial charge in [-0.1, -0.05) is 187 Å². The number of nitriles is 1. The Morgan fingerprint density at radius 1 is 0.525 bits per heavy atom. The molecule has 0 saturated carbocycles. The van der Waals surface area contributed by atoms with Gasteiger partial charge in [-0.2, -0.15) is 5.26 Å². The van der Waals surface area contributed by atoms with Crippen LogP contribution >= 0.6 is 0 Å². The number of pyridine rings is 1. The van der Waals surface area contributed by atoms with Crippen LogP contribution in [0.15, 0.2) is 200 Å². The largest absolute Gasteiger partial charge is 2.00 e. The average Bonchev–Trinajstić information content (AvgIpc) is 3.91. The molecule has 0 fully saturated rings. The third-order valence-electron chi connectivity index (χ3n) is 11.3. The van der Waals surface area contributed by atoms with Gasteiger partial charge in [0.25, 0.3) is 0 Å². The molecule has 0 N–H and O–H groups in total. The average molecular weight is 959 g/mol. The minimum atomic E-state index is 0. The van der Waals surface area contributed by atoms with E-state index in [1.807, 2.05) is 66.7 Å². The van der Waals surface area contributed by atoms with Crippen molar-refractivity contribution >= 4 is 32.8 Å². The summed E-state index contributed by atoms with van der Waals surface area (Å²) >= 11 is 0. The summed E-state index contributed by atoms with van der Waals surface area (Å²) in [5.41, 5.74) is 15.4. The Balaban J connectivity index is 0.00000445. The van der Waals surface area contributed by atoms with Gasteiger partial charge in [0.15, 0.2) is 0 Å². The monoisotopic (exact) mass is 958 g/mol. The third-order valence-corrected chi connectivity index (χ3v) is 11.3. The quantitative estimate of drug-likeness (QED) is 0.149. The first-order valence-corrected chi connectivity index (χ1v) is 19.9. The molecule has 5 nitrogen and oxygen atoms in total. The van der Waals surface area contributed by atoms with Crippen molar-refractivity contribution in [3.63, 3.8) is 0 Å². The molecule has 11 rings (SSSR count). The van der Waals surface area contributed by atoms with Crippen LogP contribution in [-0.4, -0.2) is 14.5 Å². The predicted molar refractivity (Wildman–Crippen MR) is 243 cm³/mol. The first-order chi connectivity index (χ1) is 29.7. The zero-order valence-corrected chi connectivity index (χ0v) is 34.9. The van der Waals surface area contributed by atoms with E-state index in [2.05, 4.69) is 144 Å². The number of imidazole rings is 1. The SMILES string of the molecule is N#Cc1cc(-c2[c-]c(-c3cccc4c3nc(-c3cccc5c3[n-]c3ccccc35)n4-c3ccccc3-c3ccccc3)cc(-c3ccccc3)c2)ncc1-c1ccccc1.[Pt+2]. The maximum absolute atomic E-state index is 10.3. The van der Waals surface area contributed by atoms with Gasteiger partial charge in [0.1, 0.15) is 5.82 Å². The number of para-hydroxylation sites is 4. The number of benzene rings is 8. The van der Waals surface area contributed by atoms with Crippen LogP contribution in [0.1, 0.15) is 5.56 Å². The van der Waals surface area contributed by atoms with E-state index in [0.29, 0.717) is 11.3 Å². The van der Waals surface area contributed by atoms with Gasteiger partial charge >= 0.3 is 21.1 Å². The minimum absolute atomic E-state index is 0. The molecule has 0 bridgehead atoms. The van der Waals surface area contributed by atoms with E-state index in [1.165, 1.54) is 0 Å². The smallest absolute Gasteiger partial charge is 0.656 e. The number of fused-ring (bicyclic) bond motifs is 4. The van der Waals surface area contributed by atoms with Gasteiger partial charge in [-0.25, -0.2) is 4.98 Å². The Morgan fingerprint density at radius 2 is 1.13 bits per heavy atom. The summed E-state index contributed by atoms with van der Waals surface area (Å²) in [7, 11) is 0. The standard InChI is InChI=1S/C55H33N5.Pt/c56-34-42-33-50(57-35-48(42)38-20-8-3-9-21-38)41-31-39(36-16-4-1-5-17-36)30-40(32-41)44-24-15-29-52-54(44)59-55(47-26-14-25-46-45-23-10-12-27-49(45)58-53(46)47)60(52)51-28-13-11-22-43(51)37-18-6-2-7-19-37;/h1-31,33,35H;/q-2;+2. The molecule has 0 radical (unpaired) electrons. The zero-order valence-electron chi connectivity index (χ0n) is 32.6. The van der Waals surface area contributed by atoms with Gasteiger partial charge in [0, 0.05) is 28.6 Å². The fourth-order valence-electron chi connectivity index (χ4n) is 8.45. The van der Waals surface area contributed by atoms with E-state index < -0.39 is 0 Å². The number of hydrogen-bond acceptors (Lipinski definition) is 3. The summed E-state index contributed by atoms with van der Waals surface area (Å²) in [5.74, 6) is 0.797. The Labute approximate surface area is 367 Å². The van der Waals surface area contributed by atoms with Crippen LogP contribution in [0.2, 0.25) is 0 Å². The van der Waals surface area contributed by atoms with Gasteiger partial charge in [0.2, 0.25) is 0 Å². The first-order valence-electron chi connectivity index (χ1n) is 19.9. The van der Waals surface area contributed by atoms with Crippen LogP contribution in [-0.2, 0) is 21.1 Å². The Bertz CT molecular complexity index is 3440. The summed E-state index contributed by atoms with van der Waals surface area (Å²) in [6.07, 6.45) is 1.80. The van der Waals surface area contributed by atoms with Gasteiger partial charge < -0.3 is 4.98 Å². The summed E-state index contributed by atoms with van der Waals surface area (Å²) in [5, 5.41) is 12.6. The molecule has 0 saturated heterocycles. The Hall–Kier alpha value is -7.64. The molecular weight excluding hydrogens is 926 g/mol. The van der Waals surface area contributed by atoms with Crippen molar-refractivity contribution in [2.24, 2.45) is 0 Å². The van der Waals surface area contributed by atoms with Gasteiger partial charge in [-0.15, -0.1) is 34.8 Å². The molecule has 0 aliphatic heterocycles. The molecule has 3 aromatic heterocycles. The van der Waals surface area contributed by atoms with Gasteiger partial charge in [-0.3, -0.25) is 9.55 Å². The molecule has 0 aliphatic carbocycles. The molecule has 61 heavy (non-hydrogen) atoms. The molecule has 8 aromatic carbocycles. The zero-order chi connectivity index (χ0) is 40.0. The molecule has 0 spiro atoms. The summed E-state index contributed by atoms with van der Waals surface area (Å²) in [6.45, 7) is 0. The van der Waals surface area contributed by atoms with Crippen LogP contribution in [0.5, 0.6) is 0 Å². The third kappa shape index (κ3) is 6.64. The number of nitrogens with zero attached hydrogens (tertiary/aromatic N) is 5. The number of hydrogen-bond donors (Lipinski definition) is 0. The topological polar surface area (TPSA) is 68.6 Å². The fraction of sp³-hybridized carbons (Fsp3) is 0. The molecule has 0 atom stereocenters. The molecule has 3 heterocycles. The second-order valence-electron chi connectivity index (χ2n) is 14.8. The van der Waals surface area contributed by atoms with Crippen molar-refractivity contribution in [2.45, 2.75) is 0 Å². The van der Waals surface area contributed by atoms with Crippen LogP contribution in [0.3, 0.4) is 0 Å². The van der Waals surface area contributed by atoms with Crippen LogP contribution in [0, 0.1) is 17.4 Å². The first kappa shape index (κ1) is 37.6. The summed E-state index contributed by atoms with van der Waals surface area (Å²) in [6, 6.07) is 72.7. The van der Waals surface area contributed by atoms with Gasteiger partial charge in [-0.05, 0) is 39.6 Å².